The Hall–Kier alpha value is -2.71. The van der Waals surface area contributed by atoms with Gasteiger partial charge in [0.1, 0.15) is 5.71 Å². The maximum Gasteiger partial charge on any atom is 0.101 e. The van der Waals surface area contributed by atoms with Gasteiger partial charge < -0.3 is 0 Å². The van der Waals surface area contributed by atoms with E-state index in [1.165, 1.54) is 11.1 Å². The van der Waals surface area contributed by atoms with E-state index in [9.17, 15) is 0 Å². The zero-order valence-corrected chi connectivity index (χ0v) is 13.0. The van der Waals surface area contributed by atoms with Gasteiger partial charge in [0.2, 0.25) is 0 Å². The summed E-state index contributed by atoms with van der Waals surface area (Å²) in [6, 6.07) is 24.1. The van der Waals surface area contributed by atoms with E-state index in [-0.39, 0.29) is 0 Å². The lowest BCUT2D eigenvalue weighted by atomic mass is 10.1. The summed E-state index contributed by atoms with van der Waals surface area (Å²) in [5.41, 5.74) is 6.40. The Kier molecular flexibility index (Phi) is 3.52. The van der Waals surface area contributed by atoms with Gasteiger partial charge in [0, 0.05) is 21.7 Å². The van der Waals surface area contributed by atoms with Crippen molar-refractivity contribution in [2.75, 3.05) is 0 Å². The summed E-state index contributed by atoms with van der Waals surface area (Å²) in [6.45, 7) is 0. The van der Waals surface area contributed by atoms with E-state index >= 15 is 0 Å². The van der Waals surface area contributed by atoms with Crippen LogP contribution in [0.25, 0.3) is 11.1 Å². The molecule has 0 spiro atoms. The normalized spacial score (nSPS) is 12.3. The number of hydrogen-bond donors (Lipinski definition) is 0. The van der Waals surface area contributed by atoms with Gasteiger partial charge in [0.25, 0.3) is 0 Å². The Morgan fingerprint density at radius 2 is 1.17 bits per heavy atom. The first-order valence-corrected chi connectivity index (χ1v) is 7.77. The van der Waals surface area contributed by atoms with Gasteiger partial charge in [0.15, 0.2) is 0 Å². The molecule has 110 valence electrons. The highest BCUT2D eigenvalue weighted by atomic mass is 35.5. The molecule has 0 atom stereocenters. The second-order valence-electron chi connectivity index (χ2n) is 5.31. The van der Waals surface area contributed by atoms with Crippen LogP contribution in [0.4, 0.5) is 0 Å². The van der Waals surface area contributed by atoms with Crippen molar-refractivity contribution in [1.29, 1.82) is 0 Å². The number of halogens is 1. The quantitative estimate of drug-likeness (QED) is 0.359. The molecule has 1 aliphatic rings. The summed E-state index contributed by atoms with van der Waals surface area (Å²) in [6.07, 6.45) is 1.69. The molecule has 3 aromatic rings. The third-order valence-electron chi connectivity index (χ3n) is 3.91. The van der Waals surface area contributed by atoms with E-state index in [4.69, 9.17) is 11.6 Å². The largest absolute Gasteiger partial charge is 0.158 e. The van der Waals surface area contributed by atoms with Crippen LogP contribution in [0.2, 0.25) is 5.02 Å². The van der Waals surface area contributed by atoms with Crippen molar-refractivity contribution >= 4 is 23.5 Å². The molecular weight excluding hydrogens is 304 g/mol. The van der Waals surface area contributed by atoms with Gasteiger partial charge >= 0.3 is 0 Å². The third-order valence-corrected chi connectivity index (χ3v) is 4.26. The molecule has 0 aliphatic heterocycles. The van der Waals surface area contributed by atoms with Crippen molar-refractivity contribution in [3.05, 3.63) is 94.5 Å². The van der Waals surface area contributed by atoms with E-state index in [0.717, 1.165) is 22.4 Å². The molecule has 2 nitrogen and oxygen atoms in total. The van der Waals surface area contributed by atoms with Crippen molar-refractivity contribution in [1.82, 2.24) is 0 Å². The van der Waals surface area contributed by atoms with Crippen LogP contribution in [-0.4, -0.2) is 11.9 Å². The Morgan fingerprint density at radius 1 is 0.652 bits per heavy atom. The molecule has 3 aromatic carbocycles. The average molecular weight is 317 g/mol. The molecule has 4 rings (SSSR count). The monoisotopic (exact) mass is 316 g/mol. The molecule has 0 saturated carbocycles. The lowest BCUT2D eigenvalue weighted by Gasteiger charge is -1.98. The third kappa shape index (κ3) is 2.47. The molecule has 0 radical (unpaired) electrons. The summed E-state index contributed by atoms with van der Waals surface area (Å²) in [7, 11) is 0. The number of benzene rings is 3. The molecule has 0 heterocycles. The fourth-order valence-electron chi connectivity index (χ4n) is 2.83. The fraction of sp³-hybridized carbons (Fsp3) is 0. The Morgan fingerprint density at radius 3 is 1.78 bits per heavy atom. The van der Waals surface area contributed by atoms with Gasteiger partial charge in [0.05, 0.1) is 6.21 Å². The van der Waals surface area contributed by atoms with Crippen LogP contribution in [0.5, 0.6) is 0 Å². The van der Waals surface area contributed by atoms with Crippen LogP contribution < -0.4 is 0 Å². The molecular formula is C20H13ClN2. The van der Waals surface area contributed by atoms with E-state index in [1.54, 1.807) is 6.21 Å². The summed E-state index contributed by atoms with van der Waals surface area (Å²) in [4.78, 5) is 0. The number of nitrogens with zero attached hydrogens (tertiary/aromatic N) is 2. The van der Waals surface area contributed by atoms with Crippen molar-refractivity contribution < 1.29 is 0 Å². The van der Waals surface area contributed by atoms with Gasteiger partial charge in [-0.2, -0.15) is 5.10 Å². The van der Waals surface area contributed by atoms with Gasteiger partial charge in [-0.05, 0) is 17.2 Å². The minimum absolute atomic E-state index is 0.670. The summed E-state index contributed by atoms with van der Waals surface area (Å²) in [5, 5.41) is 9.40. The molecule has 3 heteroatoms. The van der Waals surface area contributed by atoms with Crippen LogP contribution in [0.1, 0.15) is 16.7 Å². The average Bonchev–Trinajstić information content (AvgIpc) is 2.91. The SMILES string of the molecule is Clc1ccccc1C=NN=C1c2ccccc2-c2ccccc21. The second-order valence-corrected chi connectivity index (χ2v) is 5.71. The lowest BCUT2D eigenvalue weighted by molar-refractivity contribution is 1.25. The number of rotatable bonds is 2. The maximum absolute atomic E-state index is 6.14. The molecule has 0 bridgehead atoms. The highest BCUT2D eigenvalue weighted by Gasteiger charge is 2.23. The van der Waals surface area contributed by atoms with Gasteiger partial charge in [-0.15, -0.1) is 5.10 Å². The molecule has 0 unspecified atom stereocenters. The van der Waals surface area contributed by atoms with Gasteiger partial charge in [-0.25, -0.2) is 0 Å². The number of fused-ring (bicyclic) bond motifs is 3. The molecule has 0 saturated heterocycles. The first-order valence-electron chi connectivity index (χ1n) is 7.39. The molecule has 1 aliphatic carbocycles. The predicted molar refractivity (Wildman–Crippen MR) is 96.6 cm³/mol. The molecule has 0 N–H and O–H groups in total. The molecule has 0 amide bonds. The Balaban J connectivity index is 1.78. The minimum Gasteiger partial charge on any atom is -0.158 e. The van der Waals surface area contributed by atoms with E-state index in [0.29, 0.717) is 5.02 Å². The van der Waals surface area contributed by atoms with E-state index in [2.05, 4.69) is 34.5 Å². The zero-order chi connectivity index (χ0) is 15.6. The summed E-state index contributed by atoms with van der Waals surface area (Å²) >= 11 is 6.14. The van der Waals surface area contributed by atoms with Crippen molar-refractivity contribution in [3.8, 4) is 11.1 Å². The van der Waals surface area contributed by atoms with Gasteiger partial charge in [-0.1, -0.05) is 78.3 Å². The summed E-state index contributed by atoms with van der Waals surface area (Å²) in [5.74, 6) is 0. The smallest absolute Gasteiger partial charge is 0.101 e. The van der Waals surface area contributed by atoms with Crippen LogP contribution in [0.15, 0.2) is 83.0 Å². The highest BCUT2D eigenvalue weighted by molar-refractivity contribution is 6.33. The predicted octanol–water partition coefficient (Wildman–Crippen LogP) is 5.19. The Labute approximate surface area is 139 Å². The zero-order valence-electron chi connectivity index (χ0n) is 12.3. The van der Waals surface area contributed by atoms with E-state index in [1.807, 2.05) is 48.5 Å². The molecule has 0 aromatic heterocycles. The van der Waals surface area contributed by atoms with Crippen LogP contribution in [0, 0.1) is 0 Å². The van der Waals surface area contributed by atoms with Crippen molar-refractivity contribution in [2.45, 2.75) is 0 Å². The van der Waals surface area contributed by atoms with E-state index < -0.39 is 0 Å². The number of hydrogen-bond acceptors (Lipinski definition) is 2. The standard InChI is InChI=1S/C20H13ClN2/c21-19-12-6-1-7-14(19)13-22-23-20-17-10-4-2-8-15(17)16-9-3-5-11-18(16)20/h1-13H. The molecule has 23 heavy (non-hydrogen) atoms. The molecule has 0 fully saturated rings. The van der Waals surface area contributed by atoms with Crippen molar-refractivity contribution in [2.24, 2.45) is 10.2 Å². The lowest BCUT2D eigenvalue weighted by Crippen LogP contribution is -1.97. The second kappa shape index (κ2) is 5.82. The fourth-order valence-corrected chi connectivity index (χ4v) is 3.01. The van der Waals surface area contributed by atoms with Crippen LogP contribution in [0.3, 0.4) is 0 Å². The minimum atomic E-state index is 0.670. The first kappa shape index (κ1) is 13.9. The van der Waals surface area contributed by atoms with Gasteiger partial charge in [-0.3, -0.25) is 0 Å². The maximum atomic E-state index is 6.14. The summed E-state index contributed by atoms with van der Waals surface area (Å²) < 4.78 is 0. The topological polar surface area (TPSA) is 24.7 Å². The van der Waals surface area contributed by atoms with Crippen molar-refractivity contribution in [3.63, 3.8) is 0 Å². The first-order chi connectivity index (χ1) is 11.3. The highest BCUT2D eigenvalue weighted by Crippen LogP contribution is 2.36. The van der Waals surface area contributed by atoms with Crippen LogP contribution in [-0.2, 0) is 0 Å². The van der Waals surface area contributed by atoms with Crippen LogP contribution >= 0.6 is 11.6 Å². The Bertz CT molecular complexity index is 894.